The summed E-state index contributed by atoms with van der Waals surface area (Å²) in [5.41, 5.74) is 1.25. The van der Waals surface area contributed by atoms with Crippen molar-refractivity contribution < 1.29 is 0 Å². The summed E-state index contributed by atoms with van der Waals surface area (Å²) >= 11 is 0. The lowest BCUT2D eigenvalue weighted by Gasteiger charge is -2.34. The first-order valence-electron chi connectivity index (χ1n) is 5.19. The van der Waals surface area contributed by atoms with Gasteiger partial charge < -0.3 is 0 Å². The van der Waals surface area contributed by atoms with Crippen LogP contribution in [0.25, 0.3) is 0 Å². The molecule has 2 saturated carbocycles. The van der Waals surface area contributed by atoms with Crippen LogP contribution in [0.3, 0.4) is 0 Å². The van der Waals surface area contributed by atoms with Gasteiger partial charge in [0.1, 0.15) is 0 Å². The fraction of sp³-hybridized carbons (Fsp3) is 0.833. The van der Waals surface area contributed by atoms with Gasteiger partial charge in [-0.1, -0.05) is 32.9 Å². The summed E-state index contributed by atoms with van der Waals surface area (Å²) in [4.78, 5) is 0. The molecule has 0 aromatic carbocycles. The molecule has 2 rings (SSSR count). The van der Waals surface area contributed by atoms with Crippen molar-refractivity contribution in [2.75, 3.05) is 0 Å². The van der Waals surface area contributed by atoms with Crippen molar-refractivity contribution in [1.82, 2.24) is 0 Å². The minimum absolute atomic E-state index is 0.381. The summed E-state index contributed by atoms with van der Waals surface area (Å²) in [6.45, 7) is 6.82. The van der Waals surface area contributed by atoms with E-state index in [4.69, 9.17) is 0 Å². The summed E-state index contributed by atoms with van der Waals surface area (Å²) in [6.07, 6.45) is 10.8. The van der Waals surface area contributed by atoms with Crippen molar-refractivity contribution in [3.8, 4) is 0 Å². The fourth-order valence-corrected chi connectivity index (χ4v) is 2.20. The van der Waals surface area contributed by atoms with E-state index >= 15 is 0 Å². The first-order chi connectivity index (χ1) is 5.49. The number of hydrogen-bond donors (Lipinski definition) is 0. The van der Waals surface area contributed by atoms with Crippen LogP contribution in [0, 0.1) is 16.7 Å². The molecule has 0 saturated heterocycles. The van der Waals surface area contributed by atoms with Crippen LogP contribution in [0.4, 0.5) is 0 Å². The Hall–Kier alpha value is -0.260. The topological polar surface area (TPSA) is 0 Å². The van der Waals surface area contributed by atoms with Crippen molar-refractivity contribution in [3.63, 3.8) is 0 Å². The lowest BCUT2D eigenvalue weighted by atomic mass is 9.71. The molecule has 1 spiro atoms. The Balaban J connectivity index is 1.78. The van der Waals surface area contributed by atoms with Crippen LogP contribution in [-0.4, -0.2) is 0 Å². The number of rotatable bonds is 1. The molecule has 2 fully saturated rings. The molecule has 0 aliphatic heterocycles. The normalized spacial score (nSPS) is 27.9. The van der Waals surface area contributed by atoms with Gasteiger partial charge in [-0.25, -0.2) is 0 Å². The summed E-state index contributed by atoms with van der Waals surface area (Å²) in [7, 11) is 0. The number of hydrogen-bond acceptors (Lipinski definition) is 0. The van der Waals surface area contributed by atoms with Gasteiger partial charge in [0.25, 0.3) is 0 Å². The lowest BCUT2D eigenvalue weighted by molar-refractivity contribution is 0.212. The first-order valence-corrected chi connectivity index (χ1v) is 5.19. The van der Waals surface area contributed by atoms with E-state index < -0.39 is 0 Å². The highest BCUT2D eigenvalue weighted by molar-refractivity contribution is 5.10. The molecule has 68 valence electrons. The smallest absolute Gasteiger partial charge is 0.0203 e. The molecule has 2 aliphatic carbocycles. The zero-order chi connectivity index (χ0) is 8.82. The molecule has 0 radical (unpaired) electrons. The Morgan fingerprint density at radius 2 is 1.75 bits per heavy atom. The van der Waals surface area contributed by atoms with Crippen molar-refractivity contribution in [2.45, 2.75) is 46.5 Å². The molecule has 0 heteroatoms. The fourth-order valence-electron chi connectivity index (χ4n) is 2.20. The van der Waals surface area contributed by atoms with E-state index in [2.05, 4.69) is 32.9 Å². The molecular formula is C12H20. The summed E-state index contributed by atoms with van der Waals surface area (Å²) < 4.78 is 0. The predicted octanol–water partition coefficient (Wildman–Crippen LogP) is 3.78. The van der Waals surface area contributed by atoms with Gasteiger partial charge in [0, 0.05) is 0 Å². The molecule has 0 atom stereocenters. The van der Waals surface area contributed by atoms with Crippen LogP contribution in [-0.2, 0) is 0 Å². The average Bonchev–Trinajstić information content (AvgIpc) is 2.56. The van der Waals surface area contributed by atoms with Gasteiger partial charge in [0.2, 0.25) is 0 Å². The highest BCUT2D eigenvalue weighted by atomic mass is 14.6. The standard InChI is InChI=1S/C12H20/c1-11(2,3)5-4-10-8-12(9-10)6-7-12/h4-5,10H,6-9H2,1-3H3/b5-4+. The van der Waals surface area contributed by atoms with Crippen LogP contribution in [0.2, 0.25) is 0 Å². The van der Waals surface area contributed by atoms with E-state index in [1.165, 1.54) is 25.7 Å². The van der Waals surface area contributed by atoms with E-state index in [9.17, 15) is 0 Å². The molecule has 0 aromatic rings. The van der Waals surface area contributed by atoms with Gasteiger partial charge in [0.05, 0.1) is 0 Å². The Morgan fingerprint density at radius 1 is 1.17 bits per heavy atom. The van der Waals surface area contributed by atoms with Gasteiger partial charge in [-0.3, -0.25) is 0 Å². The number of allylic oxidation sites excluding steroid dienone is 2. The summed E-state index contributed by atoms with van der Waals surface area (Å²) in [5.74, 6) is 0.923. The van der Waals surface area contributed by atoms with Crippen LogP contribution >= 0.6 is 0 Å². The molecule has 2 aliphatic rings. The molecular weight excluding hydrogens is 144 g/mol. The van der Waals surface area contributed by atoms with Gasteiger partial charge in [-0.2, -0.15) is 0 Å². The third-order valence-electron chi connectivity index (χ3n) is 3.22. The summed E-state index contributed by atoms with van der Waals surface area (Å²) in [6, 6.07) is 0. The third-order valence-corrected chi connectivity index (χ3v) is 3.22. The average molecular weight is 164 g/mol. The molecule has 0 bridgehead atoms. The predicted molar refractivity (Wildman–Crippen MR) is 53.0 cm³/mol. The highest BCUT2D eigenvalue weighted by Gasteiger charge is 2.51. The molecule has 0 unspecified atom stereocenters. The molecule has 0 aromatic heterocycles. The van der Waals surface area contributed by atoms with Gasteiger partial charge >= 0.3 is 0 Å². The molecule has 0 N–H and O–H groups in total. The third kappa shape index (κ3) is 1.73. The van der Waals surface area contributed by atoms with Crippen molar-refractivity contribution in [2.24, 2.45) is 16.7 Å². The van der Waals surface area contributed by atoms with Crippen LogP contribution < -0.4 is 0 Å². The Morgan fingerprint density at radius 3 is 2.17 bits per heavy atom. The zero-order valence-electron chi connectivity index (χ0n) is 8.56. The van der Waals surface area contributed by atoms with E-state index in [1.807, 2.05) is 0 Å². The van der Waals surface area contributed by atoms with E-state index in [0.29, 0.717) is 5.41 Å². The zero-order valence-corrected chi connectivity index (χ0v) is 8.56. The second-order valence-corrected chi connectivity index (χ2v) is 5.89. The first kappa shape index (κ1) is 8.34. The quantitative estimate of drug-likeness (QED) is 0.517. The van der Waals surface area contributed by atoms with Crippen LogP contribution in [0.5, 0.6) is 0 Å². The van der Waals surface area contributed by atoms with Crippen LogP contribution in [0.15, 0.2) is 12.2 Å². The SMILES string of the molecule is CC(C)(C)/C=C/C1CC2(CC2)C1. The van der Waals surface area contributed by atoms with Gasteiger partial charge in [-0.15, -0.1) is 0 Å². The highest BCUT2D eigenvalue weighted by Crippen LogP contribution is 2.63. The minimum Gasteiger partial charge on any atom is -0.0849 e. The van der Waals surface area contributed by atoms with E-state index in [0.717, 1.165) is 11.3 Å². The van der Waals surface area contributed by atoms with E-state index in [-0.39, 0.29) is 0 Å². The van der Waals surface area contributed by atoms with E-state index in [1.54, 1.807) is 0 Å². The molecule has 0 heterocycles. The molecule has 0 nitrogen and oxygen atoms in total. The monoisotopic (exact) mass is 164 g/mol. The molecule has 12 heavy (non-hydrogen) atoms. The second-order valence-electron chi connectivity index (χ2n) is 5.89. The van der Waals surface area contributed by atoms with Crippen LogP contribution in [0.1, 0.15) is 46.5 Å². The summed E-state index contributed by atoms with van der Waals surface area (Å²) in [5, 5.41) is 0. The Bertz CT molecular complexity index is 193. The van der Waals surface area contributed by atoms with Gasteiger partial charge in [-0.05, 0) is 42.4 Å². The lowest BCUT2D eigenvalue weighted by Crippen LogP contribution is -2.23. The van der Waals surface area contributed by atoms with Gasteiger partial charge in [0.15, 0.2) is 0 Å². The van der Waals surface area contributed by atoms with Crippen molar-refractivity contribution in [1.29, 1.82) is 0 Å². The largest absolute Gasteiger partial charge is 0.0849 e. The maximum atomic E-state index is 2.45. The minimum atomic E-state index is 0.381. The van der Waals surface area contributed by atoms with Crippen molar-refractivity contribution >= 4 is 0 Å². The Labute approximate surface area is 76.1 Å². The Kier molecular flexibility index (Phi) is 1.65. The maximum absolute atomic E-state index is 2.45. The molecule has 0 amide bonds. The second kappa shape index (κ2) is 2.37. The maximum Gasteiger partial charge on any atom is -0.0203 e. The van der Waals surface area contributed by atoms with Crippen molar-refractivity contribution in [3.05, 3.63) is 12.2 Å².